The SMILES string of the molecule is Cc1ccc(OCCCOc2cccc(/C=N/NC(=O)c3cccc(Cl)c3)c2)cc1C. The van der Waals surface area contributed by atoms with E-state index in [9.17, 15) is 4.79 Å². The Hall–Kier alpha value is -3.31. The summed E-state index contributed by atoms with van der Waals surface area (Å²) in [6, 6.07) is 20.3. The number of halogens is 1. The maximum Gasteiger partial charge on any atom is 0.271 e. The molecule has 0 unspecified atom stereocenters. The third-order valence-corrected chi connectivity index (χ3v) is 4.86. The molecule has 3 rings (SSSR count). The first kappa shape index (κ1) is 22.4. The van der Waals surface area contributed by atoms with Gasteiger partial charge in [0.1, 0.15) is 11.5 Å². The van der Waals surface area contributed by atoms with Crippen molar-refractivity contribution < 1.29 is 14.3 Å². The third kappa shape index (κ3) is 7.15. The van der Waals surface area contributed by atoms with Gasteiger partial charge in [0.25, 0.3) is 5.91 Å². The van der Waals surface area contributed by atoms with E-state index in [2.05, 4.69) is 30.4 Å². The van der Waals surface area contributed by atoms with E-state index in [0.29, 0.717) is 23.8 Å². The zero-order valence-corrected chi connectivity index (χ0v) is 18.4. The second kappa shape index (κ2) is 11.2. The number of ether oxygens (including phenoxy) is 2. The van der Waals surface area contributed by atoms with Crippen molar-refractivity contribution in [1.82, 2.24) is 5.43 Å². The number of nitrogens with zero attached hydrogens (tertiary/aromatic N) is 1. The smallest absolute Gasteiger partial charge is 0.271 e. The van der Waals surface area contributed by atoms with Crippen molar-refractivity contribution in [2.75, 3.05) is 13.2 Å². The number of amides is 1. The Labute approximate surface area is 187 Å². The first-order valence-corrected chi connectivity index (χ1v) is 10.4. The number of aryl methyl sites for hydroxylation is 2. The highest BCUT2D eigenvalue weighted by Crippen LogP contribution is 2.17. The standard InChI is InChI=1S/C25H25ClN2O3/c1-18-10-11-24(14-19(18)2)31-13-5-12-30-23-9-3-6-20(15-23)17-27-28-25(29)21-7-4-8-22(26)16-21/h3-4,6-11,14-17H,5,12-13H2,1-2H3,(H,28,29)/b27-17+. The van der Waals surface area contributed by atoms with Crippen LogP contribution in [0.1, 0.15) is 33.5 Å². The van der Waals surface area contributed by atoms with E-state index in [0.717, 1.165) is 23.5 Å². The lowest BCUT2D eigenvalue weighted by atomic mass is 10.1. The molecule has 0 saturated carbocycles. The molecule has 5 nitrogen and oxygen atoms in total. The largest absolute Gasteiger partial charge is 0.493 e. The van der Waals surface area contributed by atoms with Crippen LogP contribution in [0.25, 0.3) is 0 Å². The van der Waals surface area contributed by atoms with E-state index in [1.54, 1.807) is 30.5 Å². The number of nitrogens with one attached hydrogen (secondary N) is 1. The number of carbonyl (C=O) groups is 1. The molecule has 3 aromatic carbocycles. The Balaban J connectivity index is 1.42. The molecular weight excluding hydrogens is 412 g/mol. The number of rotatable bonds is 9. The van der Waals surface area contributed by atoms with Gasteiger partial charge in [-0.3, -0.25) is 4.79 Å². The van der Waals surface area contributed by atoms with E-state index in [1.807, 2.05) is 36.4 Å². The van der Waals surface area contributed by atoms with Gasteiger partial charge in [0.05, 0.1) is 19.4 Å². The summed E-state index contributed by atoms with van der Waals surface area (Å²) in [6.45, 7) is 5.28. The normalized spacial score (nSPS) is 10.8. The van der Waals surface area contributed by atoms with Crippen LogP contribution in [0.5, 0.6) is 11.5 Å². The predicted molar refractivity (Wildman–Crippen MR) is 124 cm³/mol. The summed E-state index contributed by atoms with van der Waals surface area (Å²) >= 11 is 5.90. The van der Waals surface area contributed by atoms with Crippen LogP contribution in [0.2, 0.25) is 5.02 Å². The highest BCUT2D eigenvalue weighted by atomic mass is 35.5. The number of benzene rings is 3. The number of carbonyl (C=O) groups excluding carboxylic acids is 1. The highest BCUT2D eigenvalue weighted by Gasteiger charge is 2.04. The average molecular weight is 437 g/mol. The Kier molecular flexibility index (Phi) is 8.07. The van der Waals surface area contributed by atoms with Crippen LogP contribution < -0.4 is 14.9 Å². The predicted octanol–water partition coefficient (Wildman–Crippen LogP) is 5.57. The molecule has 160 valence electrons. The molecule has 6 heteroatoms. The molecule has 0 aliphatic carbocycles. The Morgan fingerprint density at radius 3 is 2.42 bits per heavy atom. The molecule has 0 aliphatic rings. The minimum atomic E-state index is -0.324. The summed E-state index contributed by atoms with van der Waals surface area (Å²) in [5.74, 6) is 1.28. The molecule has 0 aromatic heterocycles. The van der Waals surface area contributed by atoms with Crippen molar-refractivity contribution in [2.45, 2.75) is 20.3 Å². The van der Waals surface area contributed by atoms with Crippen molar-refractivity contribution >= 4 is 23.7 Å². The lowest BCUT2D eigenvalue weighted by Gasteiger charge is -2.09. The fraction of sp³-hybridized carbons (Fsp3) is 0.200. The van der Waals surface area contributed by atoms with Gasteiger partial charge < -0.3 is 9.47 Å². The summed E-state index contributed by atoms with van der Waals surface area (Å²) < 4.78 is 11.6. The second-order valence-corrected chi connectivity index (χ2v) is 7.51. The van der Waals surface area contributed by atoms with Gasteiger partial charge in [0, 0.05) is 17.0 Å². The van der Waals surface area contributed by atoms with Gasteiger partial charge in [0.2, 0.25) is 0 Å². The highest BCUT2D eigenvalue weighted by molar-refractivity contribution is 6.30. The van der Waals surface area contributed by atoms with Crippen LogP contribution in [-0.2, 0) is 0 Å². The minimum Gasteiger partial charge on any atom is -0.493 e. The quantitative estimate of drug-likeness (QED) is 0.271. The zero-order valence-electron chi connectivity index (χ0n) is 17.6. The van der Waals surface area contributed by atoms with E-state index < -0.39 is 0 Å². The van der Waals surface area contributed by atoms with Crippen molar-refractivity contribution in [2.24, 2.45) is 5.10 Å². The van der Waals surface area contributed by atoms with Gasteiger partial charge in [0.15, 0.2) is 0 Å². The molecule has 0 heterocycles. The average Bonchev–Trinajstić information content (AvgIpc) is 2.76. The van der Waals surface area contributed by atoms with Gasteiger partial charge in [-0.05, 0) is 73.0 Å². The molecule has 0 bridgehead atoms. The molecule has 1 amide bonds. The summed E-state index contributed by atoms with van der Waals surface area (Å²) in [5.41, 5.74) is 6.23. The lowest BCUT2D eigenvalue weighted by Crippen LogP contribution is -2.17. The van der Waals surface area contributed by atoms with Crippen molar-refractivity contribution in [1.29, 1.82) is 0 Å². The second-order valence-electron chi connectivity index (χ2n) is 7.08. The minimum absolute atomic E-state index is 0.324. The molecule has 0 spiro atoms. The maximum atomic E-state index is 12.1. The first-order valence-electron chi connectivity index (χ1n) is 10.0. The van der Waals surface area contributed by atoms with Crippen molar-refractivity contribution in [3.8, 4) is 11.5 Å². The third-order valence-electron chi connectivity index (χ3n) is 4.63. The fourth-order valence-electron chi connectivity index (χ4n) is 2.79. The number of hydrogen-bond donors (Lipinski definition) is 1. The molecular formula is C25H25ClN2O3. The Morgan fingerprint density at radius 1 is 0.935 bits per heavy atom. The van der Waals surface area contributed by atoms with Crippen LogP contribution in [0.15, 0.2) is 71.8 Å². The van der Waals surface area contributed by atoms with Gasteiger partial charge >= 0.3 is 0 Å². The molecule has 1 N–H and O–H groups in total. The van der Waals surface area contributed by atoms with Crippen molar-refractivity contribution in [3.05, 3.63) is 94.0 Å². The molecule has 0 atom stereocenters. The van der Waals surface area contributed by atoms with E-state index in [-0.39, 0.29) is 5.91 Å². The topological polar surface area (TPSA) is 59.9 Å². The van der Waals surface area contributed by atoms with Gasteiger partial charge in [-0.25, -0.2) is 5.43 Å². The van der Waals surface area contributed by atoms with Crippen LogP contribution in [0.3, 0.4) is 0 Å². The van der Waals surface area contributed by atoms with Crippen LogP contribution in [0.4, 0.5) is 0 Å². The Bertz CT molecular complexity index is 1070. The van der Waals surface area contributed by atoms with Crippen LogP contribution in [-0.4, -0.2) is 25.3 Å². The van der Waals surface area contributed by atoms with Crippen molar-refractivity contribution in [3.63, 3.8) is 0 Å². The molecule has 0 fully saturated rings. The molecule has 0 radical (unpaired) electrons. The first-order chi connectivity index (χ1) is 15.0. The van der Waals surface area contributed by atoms with E-state index in [4.69, 9.17) is 21.1 Å². The molecule has 3 aromatic rings. The summed E-state index contributed by atoms with van der Waals surface area (Å²) in [4.78, 5) is 12.1. The van der Waals surface area contributed by atoms with Crippen LogP contribution >= 0.6 is 11.6 Å². The van der Waals surface area contributed by atoms with Gasteiger partial charge in [-0.1, -0.05) is 35.9 Å². The number of hydrogen-bond acceptors (Lipinski definition) is 4. The monoisotopic (exact) mass is 436 g/mol. The maximum absolute atomic E-state index is 12.1. The summed E-state index contributed by atoms with van der Waals surface area (Å²) in [7, 11) is 0. The van der Waals surface area contributed by atoms with E-state index in [1.165, 1.54) is 11.1 Å². The number of hydrazone groups is 1. The van der Waals surface area contributed by atoms with Gasteiger partial charge in [-0.15, -0.1) is 0 Å². The molecule has 0 saturated heterocycles. The lowest BCUT2D eigenvalue weighted by molar-refractivity contribution is 0.0955. The fourth-order valence-corrected chi connectivity index (χ4v) is 2.98. The molecule has 31 heavy (non-hydrogen) atoms. The van der Waals surface area contributed by atoms with E-state index >= 15 is 0 Å². The summed E-state index contributed by atoms with van der Waals surface area (Å²) in [6.07, 6.45) is 2.33. The Morgan fingerprint density at radius 2 is 1.68 bits per heavy atom. The summed E-state index contributed by atoms with van der Waals surface area (Å²) in [5, 5.41) is 4.50. The zero-order chi connectivity index (χ0) is 22.1. The van der Waals surface area contributed by atoms with Gasteiger partial charge in [-0.2, -0.15) is 5.10 Å². The van der Waals surface area contributed by atoms with Crippen LogP contribution in [0, 0.1) is 13.8 Å². The molecule has 0 aliphatic heterocycles.